The lowest BCUT2D eigenvalue weighted by molar-refractivity contribution is -0.395. The minimum absolute atomic E-state index is 0.0733. The van der Waals surface area contributed by atoms with E-state index in [2.05, 4.69) is 15.2 Å². The van der Waals surface area contributed by atoms with Gasteiger partial charge in [-0.05, 0) is 31.2 Å². The summed E-state index contributed by atoms with van der Waals surface area (Å²) >= 11 is 0. The van der Waals surface area contributed by atoms with Crippen molar-refractivity contribution in [3.63, 3.8) is 0 Å². The summed E-state index contributed by atoms with van der Waals surface area (Å²) in [4.78, 5) is 26.4. The second-order valence-corrected chi connectivity index (χ2v) is 9.45. The predicted octanol–water partition coefficient (Wildman–Crippen LogP) is 2.17. The lowest BCUT2D eigenvalue weighted by atomic mass is 10.1. The number of nitro benzene ring substituents is 2. The molecular formula is C20H19N7O6S. The fourth-order valence-corrected chi connectivity index (χ4v) is 5.12. The van der Waals surface area contributed by atoms with E-state index < -0.39 is 36.1 Å². The Morgan fingerprint density at radius 2 is 1.59 bits per heavy atom. The third kappa shape index (κ3) is 4.40. The van der Waals surface area contributed by atoms with Gasteiger partial charge in [0.15, 0.2) is 5.82 Å². The second kappa shape index (κ2) is 9.07. The minimum atomic E-state index is -4.18. The summed E-state index contributed by atoms with van der Waals surface area (Å²) in [7, 11) is -4.18. The summed E-state index contributed by atoms with van der Waals surface area (Å²) in [6.45, 7) is 1.96. The third-order valence-electron chi connectivity index (χ3n) is 5.53. The quantitative estimate of drug-likeness (QED) is 0.373. The molecular weight excluding hydrogens is 466 g/mol. The zero-order valence-corrected chi connectivity index (χ0v) is 18.8. The van der Waals surface area contributed by atoms with Crippen molar-refractivity contribution in [2.45, 2.75) is 11.8 Å². The summed E-state index contributed by atoms with van der Waals surface area (Å²) in [6, 6.07) is 8.97. The lowest BCUT2D eigenvalue weighted by Crippen LogP contribution is -2.49. The van der Waals surface area contributed by atoms with Crippen LogP contribution in [0.2, 0.25) is 0 Å². The van der Waals surface area contributed by atoms with Crippen LogP contribution in [0.25, 0.3) is 11.3 Å². The van der Waals surface area contributed by atoms with Gasteiger partial charge in [-0.15, -0.1) is 10.2 Å². The normalized spacial score (nSPS) is 14.7. The Kier molecular flexibility index (Phi) is 6.17. The molecule has 4 rings (SSSR count). The molecule has 13 nitrogen and oxygen atoms in total. The average Bonchev–Trinajstić information content (AvgIpc) is 2.84. The van der Waals surface area contributed by atoms with Crippen molar-refractivity contribution >= 4 is 27.2 Å². The lowest BCUT2D eigenvalue weighted by Gasteiger charge is -2.34. The SMILES string of the molecule is Cc1c([N+](=O)[O-])cc(S(=O)(=O)N2CCN(c3ccc(-c4cccnc4)nn3)CC2)cc1[N+](=O)[O-]. The molecule has 0 saturated carbocycles. The van der Waals surface area contributed by atoms with Crippen molar-refractivity contribution in [1.82, 2.24) is 19.5 Å². The molecule has 1 fully saturated rings. The Hall–Kier alpha value is -4.04. The second-order valence-electron chi connectivity index (χ2n) is 7.51. The molecule has 0 aliphatic carbocycles. The fraction of sp³-hybridized carbons (Fsp3) is 0.250. The van der Waals surface area contributed by atoms with E-state index in [4.69, 9.17) is 0 Å². The number of piperazine rings is 1. The highest BCUT2D eigenvalue weighted by molar-refractivity contribution is 7.89. The van der Waals surface area contributed by atoms with Crippen LogP contribution in [-0.4, -0.2) is 63.9 Å². The molecule has 3 aromatic rings. The largest absolute Gasteiger partial charge is 0.352 e. The summed E-state index contributed by atoms with van der Waals surface area (Å²) in [6.07, 6.45) is 3.33. The van der Waals surface area contributed by atoms with Gasteiger partial charge in [0.05, 0.1) is 20.4 Å². The van der Waals surface area contributed by atoms with Crippen LogP contribution in [0.5, 0.6) is 0 Å². The van der Waals surface area contributed by atoms with Gasteiger partial charge in [0.1, 0.15) is 5.56 Å². The first-order chi connectivity index (χ1) is 16.2. The Morgan fingerprint density at radius 3 is 2.09 bits per heavy atom. The summed E-state index contributed by atoms with van der Waals surface area (Å²) in [5, 5.41) is 31.1. The van der Waals surface area contributed by atoms with Gasteiger partial charge < -0.3 is 4.90 Å². The van der Waals surface area contributed by atoms with Crippen molar-refractivity contribution in [2.24, 2.45) is 0 Å². The topological polar surface area (TPSA) is 166 Å². The first-order valence-corrected chi connectivity index (χ1v) is 11.5. The van der Waals surface area contributed by atoms with Crippen LogP contribution in [0.3, 0.4) is 0 Å². The smallest absolute Gasteiger partial charge is 0.280 e. The number of hydrogen-bond acceptors (Lipinski definition) is 10. The first kappa shape index (κ1) is 23.1. The zero-order valence-electron chi connectivity index (χ0n) is 17.9. The molecule has 1 aliphatic rings. The van der Waals surface area contributed by atoms with E-state index >= 15 is 0 Å². The predicted molar refractivity (Wildman–Crippen MR) is 121 cm³/mol. The van der Waals surface area contributed by atoms with Crippen molar-refractivity contribution < 1.29 is 18.3 Å². The maximum absolute atomic E-state index is 13.1. The molecule has 1 saturated heterocycles. The number of sulfonamides is 1. The van der Waals surface area contributed by atoms with Crippen LogP contribution in [0, 0.1) is 27.2 Å². The van der Waals surface area contributed by atoms with Gasteiger partial charge in [0.2, 0.25) is 10.0 Å². The van der Waals surface area contributed by atoms with Gasteiger partial charge in [-0.3, -0.25) is 25.2 Å². The van der Waals surface area contributed by atoms with E-state index in [1.54, 1.807) is 30.6 Å². The summed E-state index contributed by atoms with van der Waals surface area (Å²) < 4.78 is 27.4. The molecule has 0 unspecified atom stereocenters. The van der Waals surface area contributed by atoms with Crippen molar-refractivity contribution in [1.29, 1.82) is 0 Å². The van der Waals surface area contributed by atoms with Crippen LogP contribution in [0.1, 0.15) is 5.56 Å². The molecule has 0 atom stereocenters. The minimum Gasteiger partial charge on any atom is -0.352 e. The van der Waals surface area contributed by atoms with Gasteiger partial charge in [-0.2, -0.15) is 4.31 Å². The van der Waals surface area contributed by atoms with E-state index in [0.29, 0.717) is 24.6 Å². The van der Waals surface area contributed by atoms with Gasteiger partial charge in [-0.25, -0.2) is 8.42 Å². The highest BCUT2D eigenvalue weighted by Gasteiger charge is 2.33. The highest BCUT2D eigenvalue weighted by atomic mass is 32.2. The van der Waals surface area contributed by atoms with E-state index in [-0.39, 0.29) is 18.7 Å². The molecule has 0 spiro atoms. The molecule has 1 aliphatic heterocycles. The van der Waals surface area contributed by atoms with Crippen LogP contribution in [-0.2, 0) is 10.0 Å². The number of benzene rings is 1. The number of rotatable bonds is 6. The Bertz CT molecular complexity index is 1310. The molecule has 3 heterocycles. The molecule has 0 amide bonds. The Labute approximate surface area is 194 Å². The molecule has 0 N–H and O–H groups in total. The van der Waals surface area contributed by atoms with Crippen LogP contribution in [0.15, 0.2) is 53.7 Å². The van der Waals surface area contributed by atoms with Crippen LogP contribution >= 0.6 is 0 Å². The number of aromatic nitrogens is 3. The van der Waals surface area contributed by atoms with Crippen molar-refractivity contribution in [2.75, 3.05) is 31.1 Å². The average molecular weight is 485 g/mol. The van der Waals surface area contributed by atoms with E-state index in [1.165, 1.54) is 6.92 Å². The third-order valence-corrected chi connectivity index (χ3v) is 7.40. The fourth-order valence-electron chi connectivity index (χ4n) is 3.66. The molecule has 176 valence electrons. The van der Waals surface area contributed by atoms with Gasteiger partial charge in [0, 0.05) is 56.3 Å². The Morgan fingerprint density at radius 1 is 0.941 bits per heavy atom. The molecule has 2 aromatic heterocycles. The maximum atomic E-state index is 13.1. The van der Waals surface area contributed by atoms with Gasteiger partial charge in [-0.1, -0.05) is 0 Å². The Balaban J connectivity index is 1.52. The van der Waals surface area contributed by atoms with Crippen molar-refractivity contribution in [3.05, 3.63) is 74.6 Å². The van der Waals surface area contributed by atoms with Crippen molar-refractivity contribution in [3.8, 4) is 11.3 Å². The van der Waals surface area contributed by atoms with Crippen LogP contribution in [0.4, 0.5) is 17.2 Å². The highest BCUT2D eigenvalue weighted by Crippen LogP contribution is 2.33. The molecule has 0 radical (unpaired) electrons. The monoisotopic (exact) mass is 485 g/mol. The summed E-state index contributed by atoms with van der Waals surface area (Å²) in [5.41, 5.74) is 0.0391. The number of nitro groups is 2. The molecule has 14 heteroatoms. The number of anilines is 1. The standard InChI is InChI=1S/C20H19N7O6S/c1-14-18(26(28)29)11-16(12-19(14)27(30)31)34(32,33)25-9-7-24(8-10-25)20-5-4-17(22-23-20)15-3-2-6-21-13-15/h2-6,11-13H,7-10H2,1H3. The van der Waals surface area contributed by atoms with Gasteiger partial charge in [0.25, 0.3) is 11.4 Å². The van der Waals surface area contributed by atoms with E-state index in [0.717, 1.165) is 22.0 Å². The number of nitrogens with zero attached hydrogens (tertiary/aromatic N) is 7. The summed E-state index contributed by atoms with van der Waals surface area (Å²) in [5.74, 6) is 0.575. The molecule has 0 bridgehead atoms. The van der Waals surface area contributed by atoms with Gasteiger partial charge >= 0.3 is 0 Å². The first-order valence-electron chi connectivity index (χ1n) is 10.1. The zero-order chi connectivity index (χ0) is 24.5. The number of pyridine rings is 1. The maximum Gasteiger partial charge on any atom is 0.280 e. The molecule has 1 aromatic carbocycles. The van der Waals surface area contributed by atoms with Crippen LogP contribution < -0.4 is 4.90 Å². The van der Waals surface area contributed by atoms with E-state index in [9.17, 15) is 28.6 Å². The van der Waals surface area contributed by atoms with E-state index in [1.807, 2.05) is 11.0 Å². The number of hydrogen-bond donors (Lipinski definition) is 0. The molecule has 34 heavy (non-hydrogen) atoms.